The molecule has 0 saturated carbocycles. The molecule has 1 aromatic rings. The standard InChI is InChI=1S/C19H26Cl2FN3O2/c1-18(2,3)24-16(26)11-25-6-4-19(22,5-7-25)12-23-17(27)13-8-14(20)10-15(21)9-13/h8-10H,4-7,11-12H2,1-3H3,(H,23,27)(H,24,26). The summed E-state index contributed by atoms with van der Waals surface area (Å²) in [6, 6.07) is 4.51. The Morgan fingerprint density at radius 3 is 2.22 bits per heavy atom. The Balaban J connectivity index is 1.81. The number of piperidine rings is 1. The number of nitrogens with one attached hydrogen (secondary N) is 2. The summed E-state index contributed by atoms with van der Waals surface area (Å²) in [5.41, 5.74) is -1.48. The normalized spacial score (nSPS) is 17.4. The molecule has 2 N–H and O–H groups in total. The lowest BCUT2D eigenvalue weighted by molar-refractivity contribution is -0.124. The van der Waals surface area contributed by atoms with Gasteiger partial charge in [0, 0.05) is 34.2 Å². The second kappa shape index (κ2) is 8.76. The Bertz CT molecular complexity index is 678. The van der Waals surface area contributed by atoms with Crippen molar-refractivity contribution in [1.82, 2.24) is 15.5 Å². The maximum absolute atomic E-state index is 15.0. The molecule has 0 unspecified atom stereocenters. The summed E-state index contributed by atoms with van der Waals surface area (Å²) >= 11 is 11.8. The van der Waals surface area contributed by atoms with E-state index < -0.39 is 11.6 Å². The topological polar surface area (TPSA) is 61.4 Å². The highest BCUT2D eigenvalue weighted by molar-refractivity contribution is 6.35. The molecule has 1 aliphatic rings. The van der Waals surface area contributed by atoms with Crippen LogP contribution in [0, 0.1) is 0 Å². The van der Waals surface area contributed by atoms with Gasteiger partial charge in [0.1, 0.15) is 5.67 Å². The van der Waals surface area contributed by atoms with E-state index in [1.165, 1.54) is 18.2 Å². The van der Waals surface area contributed by atoms with Gasteiger partial charge < -0.3 is 10.6 Å². The molecular weight excluding hydrogens is 392 g/mol. The summed E-state index contributed by atoms with van der Waals surface area (Å²) in [6.07, 6.45) is 0.513. The number of halogens is 3. The first-order valence-corrected chi connectivity index (χ1v) is 9.68. The average molecular weight is 418 g/mol. The largest absolute Gasteiger partial charge is 0.350 e. The highest BCUT2D eigenvalue weighted by atomic mass is 35.5. The Morgan fingerprint density at radius 2 is 1.70 bits per heavy atom. The zero-order valence-electron chi connectivity index (χ0n) is 15.9. The van der Waals surface area contributed by atoms with E-state index in [0.29, 0.717) is 28.7 Å². The van der Waals surface area contributed by atoms with Crippen LogP contribution in [-0.4, -0.2) is 54.1 Å². The maximum Gasteiger partial charge on any atom is 0.251 e. The Kier molecular flexibility index (Phi) is 7.11. The van der Waals surface area contributed by atoms with Crippen molar-refractivity contribution in [3.63, 3.8) is 0 Å². The van der Waals surface area contributed by atoms with E-state index in [1.807, 2.05) is 25.7 Å². The number of hydrogen-bond acceptors (Lipinski definition) is 3. The molecule has 0 atom stereocenters. The van der Waals surface area contributed by atoms with Gasteiger partial charge in [0.05, 0.1) is 13.1 Å². The summed E-state index contributed by atoms with van der Waals surface area (Å²) < 4.78 is 15.0. The minimum atomic E-state index is -1.49. The van der Waals surface area contributed by atoms with Gasteiger partial charge in [-0.15, -0.1) is 0 Å². The minimum Gasteiger partial charge on any atom is -0.350 e. The molecule has 150 valence electrons. The molecule has 2 rings (SSSR count). The van der Waals surface area contributed by atoms with Gasteiger partial charge in [0.25, 0.3) is 5.91 Å². The van der Waals surface area contributed by atoms with E-state index in [1.54, 1.807) is 0 Å². The lowest BCUT2D eigenvalue weighted by Gasteiger charge is -2.36. The number of carbonyl (C=O) groups excluding carboxylic acids is 2. The third-order valence-corrected chi connectivity index (χ3v) is 4.76. The number of likely N-dealkylation sites (tertiary alicyclic amines) is 1. The first kappa shape index (κ1) is 21.9. The fourth-order valence-corrected chi connectivity index (χ4v) is 3.50. The van der Waals surface area contributed by atoms with Crippen LogP contribution >= 0.6 is 23.2 Å². The van der Waals surface area contributed by atoms with Gasteiger partial charge in [-0.25, -0.2) is 4.39 Å². The van der Waals surface area contributed by atoms with Crippen LogP contribution in [0.4, 0.5) is 4.39 Å². The Hall–Kier alpha value is -1.37. The lowest BCUT2D eigenvalue weighted by atomic mass is 9.93. The fraction of sp³-hybridized carbons (Fsp3) is 0.579. The van der Waals surface area contributed by atoms with Crippen LogP contribution in [0.1, 0.15) is 44.0 Å². The SMILES string of the molecule is CC(C)(C)NC(=O)CN1CCC(F)(CNC(=O)c2cc(Cl)cc(Cl)c2)CC1. The smallest absolute Gasteiger partial charge is 0.251 e. The number of benzene rings is 1. The number of nitrogens with zero attached hydrogens (tertiary/aromatic N) is 1. The van der Waals surface area contributed by atoms with E-state index in [9.17, 15) is 14.0 Å². The predicted octanol–water partition coefficient (Wildman–Crippen LogP) is 3.44. The second-order valence-corrected chi connectivity index (χ2v) is 8.94. The van der Waals surface area contributed by atoms with Gasteiger partial charge in [-0.2, -0.15) is 0 Å². The third kappa shape index (κ3) is 7.28. The zero-order valence-corrected chi connectivity index (χ0v) is 17.4. The van der Waals surface area contributed by atoms with Crippen LogP contribution < -0.4 is 10.6 Å². The summed E-state index contributed by atoms with van der Waals surface area (Å²) in [4.78, 5) is 26.1. The quantitative estimate of drug-likeness (QED) is 0.770. The Morgan fingerprint density at radius 1 is 1.15 bits per heavy atom. The monoisotopic (exact) mass is 417 g/mol. The van der Waals surface area contributed by atoms with Crippen LogP contribution in [0.15, 0.2) is 18.2 Å². The van der Waals surface area contributed by atoms with Gasteiger partial charge >= 0.3 is 0 Å². The number of hydrogen-bond donors (Lipinski definition) is 2. The highest BCUT2D eigenvalue weighted by Gasteiger charge is 2.35. The lowest BCUT2D eigenvalue weighted by Crippen LogP contribution is -2.51. The maximum atomic E-state index is 15.0. The molecule has 0 aliphatic carbocycles. The molecule has 5 nitrogen and oxygen atoms in total. The van der Waals surface area contributed by atoms with Crippen LogP contribution in [0.25, 0.3) is 0 Å². The van der Waals surface area contributed by atoms with E-state index in [0.717, 1.165) is 0 Å². The van der Waals surface area contributed by atoms with Crippen LogP contribution in [0.5, 0.6) is 0 Å². The van der Waals surface area contributed by atoms with Crippen LogP contribution in [0.3, 0.4) is 0 Å². The number of carbonyl (C=O) groups is 2. The molecule has 1 fully saturated rings. The van der Waals surface area contributed by atoms with Crippen molar-refractivity contribution >= 4 is 35.0 Å². The predicted molar refractivity (Wildman–Crippen MR) is 106 cm³/mol. The van der Waals surface area contributed by atoms with Crippen molar-refractivity contribution in [2.24, 2.45) is 0 Å². The van der Waals surface area contributed by atoms with Crippen molar-refractivity contribution in [3.05, 3.63) is 33.8 Å². The molecule has 0 radical (unpaired) electrons. The van der Waals surface area contributed by atoms with Gasteiger partial charge in [-0.3, -0.25) is 14.5 Å². The van der Waals surface area contributed by atoms with E-state index in [4.69, 9.17) is 23.2 Å². The summed E-state index contributed by atoms with van der Waals surface area (Å²) in [7, 11) is 0. The molecule has 0 bridgehead atoms. The van der Waals surface area contributed by atoms with Crippen molar-refractivity contribution < 1.29 is 14.0 Å². The van der Waals surface area contributed by atoms with E-state index in [-0.39, 0.29) is 37.4 Å². The van der Waals surface area contributed by atoms with Crippen molar-refractivity contribution in [1.29, 1.82) is 0 Å². The third-order valence-electron chi connectivity index (χ3n) is 4.32. The zero-order chi connectivity index (χ0) is 20.2. The van der Waals surface area contributed by atoms with Crippen molar-refractivity contribution in [3.8, 4) is 0 Å². The van der Waals surface area contributed by atoms with Gasteiger partial charge in [0.15, 0.2) is 0 Å². The molecule has 1 heterocycles. The molecule has 1 saturated heterocycles. The summed E-state index contributed by atoms with van der Waals surface area (Å²) in [5.74, 6) is -0.483. The first-order valence-electron chi connectivity index (χ1n) is 8.92. The molecule has 27 heavy (non-hydrogen) atoms. The van der Waals surface area contributed by atoms with Crippen molar-refractivity contribution in [2.45, 2.75) is 44.8 Å². The molecule has 0 spiro atoms. The number of alkyl halides is 1. The van der Waals surface area contributed by atoms with Gasteiger partial charge in [-0.05, 0) is 51.8 Å². The van der Waals surface area contributed by atoms with E-state index in [2.05, 4.69) is 10.6 Å². The number of rotatable bonds is 5. The summed E-state index contributed by atoms with van der Waals surface area (Å²) in [6.45, 7) is 6.86. The van der Waals surface area contributed by atoms with Crippen molar-refractivity contribution in [2.75, 3.05) is 26.2 Å². The minimum absolute atomic E-state index is 0.0694. The molecule has 2 amide bonds. The number of amides is 2. The summed E-state index contributed by atoms with van der Waals surface area (Å²) in [5, 5.41) is 6.23. The molecule has 1 aromatic carbocycles. The second-order valence-electron chi connectivity index (χ2n) is 8.07. The molecule has 8 heteroatoms. The van der Waals surface area contributed by atoms with E-state index >= 15 is 0 Å². The molecule has 1 aliphatic heterocycles. The fourth-order valence-electron chi connectivity index (χ4n) is 2.98. The van der Waals surface area contributed by atoms with Crippen LogP contribution in [-0.2, 0) is 4.79 Å². The van der Waals surface area contributed by atoms with Gasteiger partial charge in [0.2, 0.25) is 5.91 Å². The molecular formula is C19H26Cl2FN3O2. The Labute approximate surface area is 169 Å². The van der Waals surface area contributed by atoms with Crippen LogP contribution in [0.2, 0.25) is 10.0 Å². The van der Waals surface area contributed by atoms with Gasteiger partial charge in [-0.1, -0.05) is 23.2 Å². The molecule has 0 aromatic heterocycles. The average Bonchev–Trinajstić information content (AvgIpc) is 2.52. The first-order chi connectivity index (χ1) is 12.5. The highest BCUT2D eigenvalue weighted by Crippen LogP contribution is 2.26.